The van der Waals surface area contributed by atoms with E-state index in [9.17, 15) is 8.42 Å². The van der Waals surface area contributed by atoms with E-state index in [4.69, 9.17) is 5.73 Å². The topological polar surface area (TPSA) is 93.2 Å². The lowest BCUT2D eigenvalue weighted by atomic mass is 10.2. The van der Waals surface area contributed by atoms with Crippen LogP contribution in [-0.4, -0.2) is 54.8 Å². The molecule has 0 unspecified atom stereocenters. The summed E-state index contributed by atoms with van der Waals surface area (Å²) in [6.07, 6.45) is 2.85. The third kappa shape index (κ3) is 5.39. The van der Waals surface area contributed by atoms with Crippen molar-refractivity contribution >= 4 is 10.0 Å². The maximum Gasteiger partial charge on any atom is 0.243 e. The number of aromatic nitrogens is 2. The smallest absolute Gasteiger partial charge is 0.243 e. The molecule has 1 heterocycles. The van der Waals surface area contributed by atoms with E-state index in [-0.39, 0.29) is 4.90 Å². The van der Waals surface area contributed by atoms with Crippen LogP contribution in [-0.2, 0) is 16.6 Å². The predicted molar refractivity (Wildman–Crippen MR) is 83.4 cm³/mol. The van der Waals surface area contributed by atoms with E-state index in [0.717, 1.165) is 0 Å². The van der Waals surface area contributed by atoms with Crippen LogP contribution < -0.4 is 10.5 Å². The lowest BCUT2D eigenvalue weighted by Gasteiger charge is -2.30. The lowest BCUT2D eigenvalue weighted by molar-refractivity contribution is 0.179. The number of hydrogen-bond donors (Lipinski definition) is 2. The minimum Gasteiger partial charge on any atom is -0.329 e. The third-order valence-electron chi connectivity index (χ3n) is 3.27. The molecular formula is C13H27N5O2S. The normalized spacial score (nSPS) is 12.8. The van der Waals surface area contributed by atoms with E-state index in [1.165, 1.54) is 17.1 Å². The molecule has 21 heavy (non-hydrogen) atoms. The second-order valence-corrected chi connectivity index (χ2v) is 7.32. The summed E-state index contributed by atoms with van der Waals surface area (Å²) in [5.41, 5.74) is 5.42. The number of rotatable bonds is 9. The molecule has 1 aromatic heterocycles. The Labute approximate surface area is 127 Å². The predicted octanol–water partition coefficient (Wildman–Crippen LogP) is 0.239. The van der Waals surface area contributed by atoms with Crippen molar-refractivity contribution < 1.29 is 8.42 Å². The van der Waals surface area contributed by atoms with Crippen LogP contribution in [0, 0.1) is 0 Å². The first-order valence-electron chi connectivity index (χ1n) is 7.26. The van der Waals surface area contributed by atoms with Gasteiger partial charge in [-0.2, -0.15) is 5.10 Å². The van der Waals surface area contributed by atoms with Gasteiger partial charge in [0.1, 0.15) is 4.90 Å². The fraction of sp³-hybridized carbons (Fsp3) is 0.769. The zero-order valence-electron chi connectivity index (χ0n) is 13.3. The quantitative estimate of drug-likeness (QED) is 0.680. The minimum absolute atomic E-state index is 0.177. The highest BCUT2D eigenvalue weighted by molar-refractivity contribution is 7.89. The second-order valence-electron chi connectivity index (χ2n) is 5.55. The van der Waals surface area contributed by atoms with Gasteiger partial charge in [-0.3, -0.25) is 9.58 Å². The fourth-order valence-corrected chi connectivity index (χ4v) is 3.22. The number of nitrogens with zero attached hydrogens (tertiary/aromatic N) is 3. The molecule has 8 heteroatoms. The Balaban J connectivity index is 2.60. The van der Waals surface area contributed by atoms with Crippen molar-refractivity contribution in [2.75, 3.05) is 19.6 Å². The summed E-state index contributed by atoms with van der Waals surface area (Å²) in [4.78, 5) is 2.41. The molecule has 0 amide bonds. The third-order valence-corrected chi connectivity index (χ3v) is 4.68. The molecule has 0 fully saturated rings. The number of nitrogens with one attached hydrogen (secondary N) is 1. The molecule has 0 aromatic carbocycles. The Kier molecular flexibility index (Phi) is 6.79. The highest BCUT2D eigenvalue weighted by Gasteiger charge is 2.18. The maximum absolute atomic E-state index is 12.2. The van der Waals surface area contributed by atoms with Crippen LogP contribution in [0.3, 0.4) is 0 Å². The molecule has 0 aliphatic rings. The van der Waals surface area contributed by atoms with Gasteiger partial charge < -0.3 is 5.73 Å². The van der Waals surface area contributed by atoms with Crippen LogP contribution in [0.25, 0.3) is 0 Å². The number of sulfonamides is 1. The molecule has 0 saturated heterocycles. The molecule has 0 saturated carbocycles. The Hall–Kier alpha value is -0.960. The van der Waals surface area contributed by atoms with Gasteiger partial charge >= 0.3 is 0 Å². The van der Waals surface area contributed by atoms with Crippen molar-refractivity contribution in [2.24, 2.45) is 5.73 Å². The Morgan fingerprint density at radius 1 is 1.33 bits per heavy atom. The standard InChI is InChI=1S/C13H27N5O2S/c1-11(2)18(12(3)4)8-6-16-21(19,20)13-9-15-17(10-13)7-5-14/h9-12,16H,5-8,14H2,1-4H3. The van der Waals surface area contributed by atoms with Crippen molar-refractivity contribution in [3.8, 4) is 0 Å². The average Bonchev–Trinajstić information content (AvgIpc) is 2.83. The number of hydrogen-bond acceptors (Lipinski definition) is 5. The van der Waals surface area contributed by atoms with E-state index in [2.05, 4.69) is 42.4 Å². The van der Waals surface area contributed by atoms with E-state index < -0.39 is 10.0 Å². The van der Waals surface area contributed by atoms with Crippen LogP contribution in [0.2, 0.25) is 0 Å². The van der Waals surface area contributed by atoms with Gasteiger partial charge in [0, 0.05) is 37.9 Å². The molecule has 0 aliphatic carbocycles. The van der Waals surface area contributed by atoms with Gasteiger partial charge in [0.05, 0.1) is 12.7 Å². The highest BCUT2D eigenvalue weighted by Crippen LogP contribution is 2.07. The van der Waals surface area contributed by atoms with E-state index >= 15 is 0 Å². The van der Waals surface area contributed by atoms with Crippen LogP contribution in [0.5, 0.6) is 0 Å². The maximum atomic E-state index is 12.2. The molecule has 0 radical (unpaired) electrons. The van der Waals surface area contributed by atoms with E-state index in [1.54, 1.807) is 0 Å². The lowest BCUT2D eigenvalue weighted by Crippen LogP contribution is -2.42. The van der Waals surface area contributed by atoms with Crippen molar-refractivity contribution in [2.45, 2.75) is 51.2 Å². The van der Waals surface area contributed by atoms with Gasteiger partial charge in [-0.1, -0.05) is 0 Å². The van der Waals surface area contributed by atoms with Crippen molar-refractivity contribution in [1.82, 2.24) is 19.4 Å². The Morgan fingerprint density at radius 3 is 2.48 bits per heavy atom. The van der Waals surface area contributed by atoms with Crippen LogP contribution in [0.15, 0.2) is 17.3 Å². The minimum atomic E-state index is -3.51. The molecule has 0 aliphatic heterocycles. The van der Waals surface area contributed by atoms with Gasteiger partial charge in [-0.15, -0.1) is 0 Å². The van der Waals surface area contributed by atoms with Gasteiger partial charge in [-0.05, 0) is 27.7 Å². The van der Waals surface area contributed by atoms with Crippen molar-refractivity contribution in [3.05, 3.63) is 12.4 Å². The molecule has 122 valence electrons. The summed E-state index contributed by atoms with van der Waals surface area (Å²) in [6.45, 7) is 10.4. The van der Waals surface area contributed by atoms with E-state index in [0.29, 0.717) is 38.3 Å². The first-order chi connectivity index (χ1) is 9.77. The zero-order valence-corrected chi connectivity index (χ0v) is 14.1. The molecule has 0 spiro atoms. The summed E-state index contributed by atoms with van der Waals surface area (Å²) < 4.78 is 28.5. The first-order valence-corrected chi connectivity index (χ1v) is 8.74. The first kappa shape index (κ1) is 18.1. The van der Waals surface area contributed by atoms with Crippen LogP contribution >= 0.6 is 0 Å². The Morgan fingerprint density at radius 2 is 1.95 bits per heavy atom. The molecule has 1 rings (SSSR count). The molecule has 7 nitrogen and oxygen atoms in total. The molecule has 0 atom stereocenters. The SMILES string of the molecule is CC(C)N(CCNS(=O)(=O)c1cnn(CCN)c1)C(C)C. The van der Waals surface area contributed by atoms with Gasteiger partial charge in [0.2, 0.25) is 10.0 Å². The van der Waals surface area contributed by atoms with Crippen molar-refractivity contribution in [3.63, 3.8) is 0 Å². The van der Waals surface area contributed by atoms with Crippen molar-refractivity contribution in [1.29, 1.82) is 0 Å². The summed E-state index contributed by atoms with van der Waals surface area (Å²) in [5.74, 6) is 0. The average molecular weight is 317 g/mol. The summed E-state index contributed by atoms with van der Waals surface area (Å²) in [7, 11) is -3.51. The summed E-state index contributed by atoms with van der Waals surface area (Å²) >= 11 is 0. The van der Waals surface area contributed by atoms with E-state index in [1.807, 2.05) is 0 Å². The second kappa shape index (κ2) is 7.88. The number of nitrogens with two attached hydrogens (primary N) is 1. The van der Waals surface area contributed by atoms with Crippen LogP contribution in [0.1, 0.15) is 27.7 Å². The van der Waals surface area contributed by atoms with Gasteiger partial charge in [0.15, 0.2) is 0 Å². The Bertz CT molecular complexity index is 516. The molecule has 0 bridgehead atoms. The summed E-state index contributed by atoms with van der Waals surface area (Å²) in [6, 6.07) is 0.753. The largest absolute Gasteiger partial charge is 0.329 e. The fourth-order valence-electron chi connectivity index (χ4n) is 2.24. The van der Waals surface area contributed by atoms with Gasteiger partial charge in [-0.25, -0.2) is 13.1 Å². The van der Waals surface area contributed by atoms with Crippen LogP contribution in [0.4, 0.5) is 0 Å². The highest BCUT2D eigenvalue weighted by atomic mass is 32.2. The molecule has 3 N–H and O–H groups in total. The summed E-state index contributed by atoms with van der Waals surface area (Å²) in [5, 5.41) is 3.98. The molecule has 1 aromatic rings. The molecular weight excluding hydrogens is 290 g/mol. The zero-order chi connectivity index (χ0) is 16.0. The van der Waals surface area contributed by atoms with Gasteiger partial charge in [0.25, 0.3) is 0 Å². The monoisotopic (exact) mass is 317 g/mol.